The van der Waals surface area contributed by atoms with E-state index in [-0.39, 0.29) is 6.07 Å². The zero-order chi connectivity index (χ0) is 14.1. The summed E-state index contributed by atoms with van der Waals surface area (Å²) in [5.41, 5.74) is -2.99. The first-order valence-electron chi connectivity index (χ1n) is 4.64. The van der Waals surface area contributed by atoms with Crippen molar-refractivity contribution in [1.82, 2.24) is 0 Å². The van der Waals surface area contributed by atoms with Gasteiger partial charge in [-0.05, 0) is 25.1 Å². The van der Waals surface area contributed by atoms with Gasteiger partial charge in [-0.25, -0.2) is 0 Å². The molecule has 102 valence electrons. The van der Waals surface area contributed by atoms with Gasteiger partial charge in [0.15, 0.2) is 6.29 Å². The Morgan fingerprint density at radius 1 is 0.944 bits per heavy atom. The number of aliphatic hydroxyl groups is 1. The van der Waals surface area contributed by atoms with E-state index in [1.54, 1.807) is 0 Å². The molecule has 0 heterocycles. The van der Waals surface area contributed by atoms with Crippen molar-refractivity contribution in [3.63, 3.8) is 0 Å². The van der Waals surface area contributed by atoms with Crippen LogP contribution in [0.2, 0.25) is 0 Å². The van der Waals surface area contributed by atoms with Gasteiger partial charge < -0.3 is 9.84 Å². The van der Waals surface area contributed by atoms with Gasteiger partial charge in [0.05, 0.1) is 11.1 Å². The lowest BCUT2D eigenvalue weighted by Gasteiger charge is -2.15. The SMILES string of the molecule is CC(O)Oc1cc(C(F)(F)F)cc(C(F)(F)F)c1. The number of hydrogen-bond donors (Lipinski definition) is 1. The van der Waals surface area contributed by atoms with Gasteiger partial charge in [-0.15, -0.1) is 0 Å². The second-order valence-electron chi connectivity index (χ2n) is 3.46. The van der Waals surface area contributed by atoms with Gasteiger partial charge >= 0.3 is 12.4 Å². The van der Waals surface area contributed by atoms with E-state index in [1.165, 1.54) is 0 Å². The molecule has 0 spiro atoms. The molecule has 18 heavy (non-hydrogen) atoms. The lowest BCUT2D eigenvalue weighted by Crippen LogP contribution is -2.14. The predicted molar refractivity (Wildman–Crippen MR) is 48.8 cm³/mol. The summed E-state index contributed by atoms with van der Waals surface area (Å²) in [4.78, 5) is 0. The van der Waals surface area contributed by atoms with Crippen LogP contribution in [0, 0.1) is 0 Å². The lowest BCUT2D eigenvalue weighted by molar-refractivity contribution is -0.143. The molecule has 1 aromatic carbocycles. The minimum atomic E-state index is -4.93. The van der Waals surface area contributed by atoms with Gasteiger partial charge in [0, 0.05) is 0 Å². The molecule has 1 atom stereocenters. The van der Waals surface area contributed by atoms with Crippen LogP contribution in [0.5, 0.6) is 5.75 Å². The summed E-state index contributed by atoms with van der Waals surface area (Å²) in [5.74, 6) is -0.702. The third-order valence-corrected chi connectivity index (χ3v) is 1.87. The highest BCUT2D eigenvalue weighted by Gasteiger charge is 2.37. The van der Waals surface area contributed by atoms with Crippen LogP contribution in [-0.2, 0) is 12.4 Å². The molecular formula is C10H8F6O2. The number of halogens is 6. The van der Waals surface area contributed by atoms with Gasteiger partial charge in [0.1, 0.15) is 5.75 Å². The standard InChI is InChI=1S/C10H8F6O2/c1-5(17)18-8-3-6(9(11,12)13)2-7(4-8)10(14,15)16/h2-5,17H,1H3. The maximum absolute atomic E-state index is 12.4. The predicted octanol–water partition coefficient (Wildman–Crippen LogP) is 3.44. The average molecular weight is 274 g/mol. The third kappa shape index (κ3) is 3.80. The smallest absolute Gasteiger partial charge is 0.416 e. The topological polar surface area (TPSA) is 29.5 Å². The van der Waals surface area contributed by atoms with Crippen molar-refractivity contribution < 1.29 is 36.2 Å². The normalized spacial score (nSPS) is 14.4. The molecule has 0 aromatic heterocycles. The minimum Gasteiger partial charge on any atom is -0.465 e. The Kier molecular flexibility index (Phi) is 3.80. The summed E-state index contributed by atoms with van der Waals surface area (Å²) in [6.45, 7) is 1.06. The molecule has 0 aliphatic heterocycles. The summed E-state index contributed by atoms with van der Waals surface area (Å²) < 4.78 is 78.8. The molecule has 0 aliphatic rings. The van der Waals surface area contributed by atoms with Crippen molar-refractivity contribution in [3.8, 4) is 5.75 Å². The number of aliphatic hydroxyl groups excluding tert-OH is 1. The molecule has 0 amide bonds. The molecule has 8 heteroatoms. The van der Waals surface area contributed by atoms with Crippen molar-refractivity contribution in [1.29, 1.82) is 0 Å². The van der Waals surface area contributed by atoms with Crippen molar-refractivity contribution in [2.45, 2.75) is 25.6 Å². The fourth-order valence-corrected chi connectivity index (χ4v) is 1.19. The van der Waals surface area contributed by atoms with E-state index >= 15 is 0 Å². The van der Waals surface area contributed by atoms with Crippen LogP contribution in [0.3, 0.4) is 0 Å². The van der Waals surface area contributed by atoms with E-state index in [0.29, 0.717) is 12.1 Å². The van der Waals surface area contributed by atoms with Crippen molar-refractivity contribution >= 4 is 0 Å². The molecule has 1 unspecified atom stereocenters. The number of hydrogen-bond acceptors (Lipinski definition) is 2. The summed E-state index contributed by atoms with van der Waals surface area (Å²) in [6, 6.07) is 0.763. The Balaban J connectivity index is 3.29. The molecule has 0 radical (unpaired) electrons. The van der Waals surface area contributed by atoms with Crippen LogP contribution in [0.25, 0.3) is 0 Å². The fourth-order valence-electron chi connectivity index (χ4n) is 1.19. The Morgan fingerprint density at radius 3 is 1.61 bits per heavy atom. The highest BCUT2D eigenvalue weighted by Crippen LogP contribution is 2.38. The first kappa shape index (κ1) is 14.6. The minimum absolute atomic E-state index is 0.0189. The van der Waals surface area contributed by atoms with Gasteiger partial charge in [0.25, 0.3) is 0 Å². The maximum atomic E-state index is 12.4. The zero-order valence-electron chi connectivity index (χ0n) is 8.93. The van der Waals surface area contributed by atoms with Crippen LogP contribution in [0.4, 0.5) is 26.3 Å². The second-order valence-corrected chi connectivity index (χ2v) is 3.46. The number of alkyl halides is 6. The average Bonchev–Trinajstić information content (AvgIpc) is 2.13. The zero-order valence-corrected chi connectivity index (χ0v) is 8.93. The monoisotopic (exact) mass is 274 g/mol. The van der Waals surface area contributed by atoms with Gasteiger partial charge in [-0.3, -0.25) is 0 Å². The van der Waals surface area contributed by atoms with E-state index in [9.17, 15) is 26.3 Å². The summed E-state index contributed by atoms with van der Waals surface area (Å²) >= 11 is 0. The highest BCUT2D eigenvalue weighted by molar-refractivity contribution is 5.37. The Labute approximate surface area is 97.8 Å². The Morgan fingerprint density at radius 2 is 1.33 bits per heavy atom. The van der Waals surface area contributed by atoms with Crippen molar-refractivity contribution in [3.05, 3.63) is 29.3 Å². The van der Waals surface area contributed by atoms with Crippen LogP contribution >= 0.6 is 0 Å². The summed E-state index contributed by atoms with van der Waals surface area (Å²) in [5, 5.41) is 8.81. The molecule has 1 aromatic rings. The molecule has 0 fully saturated rings. The second kappa shape index (κ2) is 4.68. The van der Waals surface area contributed by atoms with Gasteiger partial charge in [-0.2, -0.15) is 26.3 Å². The molecule has 0 saturated carbocycles. The van der Waals surface area contributed by atoms with E-state index in [0.717, 1.165) is 6.92 Å². The van der Waals surface area contributed by atoms with Crippen molar-refractivity contribution in [2.24, 2.45) is 0 Å². The van der Waals surface area contributed by atoms with Crippen LogP contribution in [0.15, 0.2) is 18.2 Å². The molecule has 0 aliphatic carbocycles. The Bertz CT molecular complexity index is 389. The summed E-state index contributed by atoms with van der Waals surface area (Å²) in [6.07, 6.45) is -11.4. The van der Waals surface area contributed by atoms with E-state index in [1.807, 2.05) is 0 Å². The lowest BCUT2D eigenvalue weighted by atomic mass is 10.1. The van der Waals surface area contributed by atoms with Gasteiger partial charge in [-0.1, -0.05) is 0 Å². The van der Waals surface area contributed by atoms with Crippen LogP contribution in [-0.4, -0.2) is 11.4 Å². The molecule has 2 nitrogen and oxygen atoms in total. The molecule has 0 saturated heterocycles. The van der Waals surface area contributed by atoms with Crippen LogP contribution < -0.4 is 4.74 Å². The molecular weight excluding hydrogens is 266 g/mol. The number of rotatable bonds is 2. The number of ether oxygens (including phenoxy) is 1. The van der Waals surface area contributed by atoms with E-state index in [2.05, 4.69) is 4.74 Å². The highest BCUT2D eigenvalue weighted by atomic mass is 19.4. The Hall–Kier alpha value is -1.44. The largest absolute Gasteiger partial charge is 0.465 e. The molecule has 0 bridgehead atoms. The quantitative estimate of drug-likeness (QED) is 0.661. The summed E-state index contributed by atoms with van der Waals surface area (Å²) in [7, 11) is 0. The fraction of sp³-hybridized carbons (Fsp3) is 0.400. The van der Waals surface area contributed by atoms with Crippen LogP contribution in [0.1, 0.15) is 18.1 Å². The third-order valence-electron chi connectivity index (χ3n) is 1.87. The van der Waals surface area contributed by atoms with E-state index < -0.39 is 35.5 Å². The first-order valence-corrected chi connectivity index (χ1v) is 4.64. The molecule has 1 N–H and O–H groups in total. The first-order chi connectivity index (χ1) is 8.00. The van der Waals surface area contributed by atoms with Crippen molar-refractivity contribution in [2.75, 3.05) is 0 Å². The van der Waals surface area contributed by atoms with Gasteiger partial charge in [0.2, 0.25) is 0 Å². The molecule has 1 rings (SSSR count). The maximum Gasteiger partial charge on any atom is 0.416 e. The number of benzene rings is 1. The van der Waals surface area contributed by atoms with E-state index in [4.69, 9.17) is 5.11 Å².